The molecule has 226 valence electrons. The van der Waals surface area contributed by atoms with Gasteiger partial charge in [0.15, 0.2) is 0 Å². The van der Waals surface area contributed by atoms with Crippen LogP contribution in [0.5, 0.6) is 5.75 Å². The van der Waals surface area contributed by atoms with Crippen LogP contribution in [0, 0.1) is 17.8 Å². The van der Waals surface area contributed by atoms with Crippen LogP contribution in [0.2, 0.25) is 0 Å². The highest BCUT2D eigenvalue weighted by Gasteiger charge is 2.49. The van der Waals surface area contributed by atoms with Crippen LogP contribution in [0.1, 0.15) is 37.1 Å². The summed E-state index contributed by atoms with van der Waals surface area (Å²) >= 11 is 0. The molecular formula is C28H38N2O11. The normalized spacial score (nSPS) is 34.5. The lowest BCUT2D eigenvalue weighted by Gasteiger charge is -2.49. The van der Waals surface area contributed by atoms with E-state index in [9.17, 15) is 40.2 Å². The smallest absolute Gasteiger partial charge is 0.321 e. The van der Waals surface area contributed by atoms with Crippen LogP contribution < -0.4 is 4.74 Å². The number of hydrogen-bond donors (Lipinski definition) is 7. The largest absolute Gasteiger partial charge is 0.480 e. The number of aliphatic hydroxyl groups is 5. The minimum atomic E-state index is -1.59. The van der Waals surface area contributed by atoms with E-state index >= 15 is 0 Å². The molecule has 1 aromatic heterocycles. The Balaban J connectivity index is 1.49. The Hall–Kier alpha value is -2.78. The number of aromatic amines is 1. The molecule has 13 nitrogen and oxygen atoms in total. The zero-order chi connectivity index (χ0) is 29.6. The van der Waals surface area contributed by atoms with Crippen LogP contribution in [0.3, 0.4) is 0 Å². The van der Waals surface area contributed by atoms with Gasteiger partial charge >= 0.3 is 11.9 Å². The van der Waals surface area contributed by atoms with E-state index in [0.717, 1.165) is 16.8 Å². The van der Waals surface area contributed by atoms with Crippen molar-refractivity contribution in [3.05, 3.63) is 29.5 Å². The fraction of sp³-hybridized carbons (Fsp3) is 0.643. The summed E-state index contributed by atoms with van der Waals surface area (Å²) in [4.78, 5) is 30.4. The molecule has 10 unspecified atom stereocenters. The van der Waals surface area contributed by atoms with Gasteiger partial charge in [0.1, 0.15) is 36.2 Å². The number of carboxylic acid groups (broad SMARTS) is 1. The van der Waals surface area contributed by atoms with Gasteiger partial charge in [0, 0.05) is 29.6 Å². The summed E-state index contributed by atoms with van der Waals surface area (Å²) in [7, 11) is 1.29. The third kappa shape index (κ3) is 5.20. The van der Waals surface area contributed by atoms with Crippen molar-refractivity contribution in [3.8, 4) is 5.75 Å². The minimum Gasteiger partial charge on any atom is -0.480 e. The van der Waals surface area contributed by atoms with Crippen molar-refractivity contribution >= 4 is 22.8 Å². The molecule has 0 spiro atoms. The third-order valence-electron chi connectivity index (χ3n) is 9.12. The Morgan fingerprint density at radius 1 is 1.17 bits per heavy atom. The molecule has 3 aliphatic rings. The Morgan fingerprint density at radius 3 is 2.56 bits per heavy atom. The number of carbonyl (C=O) groups is 2. The summed E-state index contributed by atoms with van der Waals surface area (Å²) in [6, 6.07) is 3.94. The molecule has 0 aliphatic carbocycles. The molecule has 41 heavy (non-hydrogen) atoms. The van der Waals surface area contributed by atoms with Gasteiger partial charge in [-0.3, -0.25) is 14.5 Å². The lowest BCUT2D eigenvalue weighted by Crippen LogP contribution is -2.60. The van der Waals surface area contributed by atoms with E-state index in [1.807, 2.05) is 11.8 Å². The predicted octanol–water partition coefficient (Wildman–Crippen LogP) is -0.473. The number of methoxy groups -OCH3 is 1. The average molecular weight is 579 g/mol. The Kier molecular flexibility index (Phi) is 8.58. The molecule has 2 saturated heterocycles. The van der Waals surface area contributed by atoms with E-state index in [-0.39, 0.29) is 36.7 Å². The lowest BCUT2D eigenvalue weighted by molar-refractivity contribution is -0.277. The SMILES string of the molecule is CCC1CN2C(C(=O)O)Cc3c([nH]c4ccc(OC5OC(CO)C(O)C(O)C5O)cc34)C2CC1C(CO)C(=O)OC. The number of H-pyrrole nitrogens is 1. The molecule has 0 amide bonds. The fourth-order valence-corrected chi connectivity index (χ4v) is 6.87. The number of carbonyl (C=O) groups excluding carboxylic acids is 1. The number of esters is 1. The first-order chi connectivity index (χ1) is 19.6. The lowest BCUT2D eigenvalue weighted by atomic mass is 9.70. The summed E-state index contributed by atoms with van der Waals surface area (Å²) < 4.78 is 16.3. The van der Waals surface area contributed by atoms with Gasteiger partial charge in [0.25, 0.3) is 0 Å². The van der Waals surface area contributed by atoms with Crippen LogP contribution >= 0.6 is 0 Å². The standard InChI is InChI=1S/C28H38N2O11/c1-3-12-9-30-19(7-14(12)17(10-31)27(38)39-2)22-16(8-20(30)26(36)37)15-6-13(4-5-18(15)29-22)40-28-25(35)24(34)23(33)21(11-32)41-28/h4-6,12,14,17,19-21,23-25,28-29,31-35H,3,7-11H2,1-2H3,(H,36,37). The van der Waals surface area contributed by atoms with Gasteiger partial charge in [-0.1, -0.05) is 13.3 Å². The zero-order valence-corrected chi connectivity index (χ0v) is 22.9. The Labute approximate surface area is 236 Å². The fourth-order valence-electron chi connectivity index (χ4n) is 6.87. The van der Waals surface area contributed by atoms with E-state index in [2.05, 4.69) is 4.98 Å². The second-order valence-electron chi connectivity index (χ2n) is 11.2. The number of benzene rings is 1. The highest BCUT2D eigenvalue weighted by atomic mass is 16.7. The molecule has 10 atom stereocenters. The second-order valence-corrected chi connectivity index (χ2v) is 11.2. The quantitative estimate of drug-likeness (QED) is 0.199. The van der Waals surface area contributed by atoms with E-state index in [0.29, 0.717) is 24.8 Å². The van der Waals surface area contributed by atoms with E-state index < -0.39 is 61.2 Å². The van der Waals surface area contributed by atoms with Crippen LogP contribution in [-0.4, -0.2) is 116 Å². The molecule has 2 aromatic rings. The molecule has 0 saturated carbocycles. The second kappa shape index (κ2) is 11.8. The number of aliphatic hydroxyl groups excluding tert-OH is 5. The van der Waals surface area contributed by atoms with Crippen molar-refractivity contribution < 1.29 is 54.4 Å². The van der Waals surface area contributed by atoms with Gasteiger partial charge in [-0.05, 0) is 42.0 Å². The average Bonchev–Trinajstić information content (AvgIpc) is 3.34. The Bertz CT molecular complexity index is 1270. The first kappa shape index (κ1) is 29.7. The van der Waals surface area contributed by atoms with Gasteiger partial charge in [-0.15, -0.1) is 0 Å². The molecule has 5 rings (SSSR count). The van der Waals surface area contributed by atoms with E-state index in [1.54, 1.807) is 18.2 Å². The monoisotopic (exact) mass is 578 g/mol. The predicted molar refractivity (Wildman–Crippen MR) is 142 cm³/mol. The van der Waals surface area contributed by atoms with Crippen LogP contribution in [0.4, 0.5) is 0 Å². The number of fused-ring (bicyclic) bond motifs is 5. The number of rotatable bonds is 8. The first-order valence-electron chi connectivity index (χ1n) is 13.9. The van der Waals surface area contributed by atoms with Crippen LogP contribution in [0.25, 0.3) is 10.9 Å². The van der Waals surface area contributed by atoms with Gasteiger partial charge in [0.05, 0.1) is 32.3 Å². The van der Waals surface area contributed by atoms with Gasteiger partial charge < -0.3 is 49.8 Å². The topological polar surface area (TPSA) is 202 Å². The summed E-state index contributed by atoms with van der Waals surface area (Å²) in [5, 5.41) is 61.1. The van der Waals surface area contributed by atoms with Crippen molar-refractivity contribution in [1.29, 1.82) is 0 Å². The summed E-state index contributed by atoms with van der Waals surface area (Å²) in [6.07, 6.45) is -5.76. The highest BCUT2D eigenvalue weighted by molar-refractivity contribution is 5.88. The van der Waals surface area contributed by atoms with Crippen molar-refractivity contribution in [2.75, 3.05) is 26.9 Å². The molecule has 7 N–H and O–H groups in total. The summed E-state index contributed by atoms with van der Waals surface area (Å²) in [5.74, 6) is -2.10. The van der Waals surface area contributed by atoms with E-state index in [4.69, 9.17) is 14.2 Å². The molecule has 1 aromatic carbocycles. The number of nitrogens with zero attached hydrogens (tertiary/aromatic N) is 1. The molecular weight excluding hydrogens is 540 g/mol. The summed E-state index contributed by atoms with van der Waals surface area (Å²) in [6.45, 7) is 1.50. The maximum atomic E-state index is 12.5. The molecule has 13 heteroatoms. The van der Waals surface area contributed by atoms with Gasteiger partial charge in [-0.25, -0.2) is 0 Å². The van der Waals surface area contributed by atoms with Crippen molar-refractivity contribution in [2.24, 2.45) is 17.8 Å². The number of nitrogens with one attached hydrogen (secondary N) is 1. The number of hydrogen-bond acceptors (Lipinski definition) is 11. The van der Waals surface area contributed by atoms with Crippen molar-refractivity contribution in [2.45, 2.75) is 69.0 Å². The first-order valence-corrected chi connectivity index (χ1v) is 13.9. The molecule has 2 fully saturated rings. The number of ether oxygens (including phenoxy) is 3. The third-order valence-corrected chi connectivity index (χ3v) is 9.12. The van der Waals surface area contributed by atoms with E-state index in [1.165, 1.54) is 7.11 Å². The number of carboxylic acids is 1. The maximum Gasteiger partial charge on any atom is 0.321 e. The summed E-state index contributed by atoms with van der Waals surface area (Å²) in [5.41, 5.74) is 2.37. The number of aliphatic carboxylic acids is 1. The molecule has 0 radical (unpaired) electrons. The molecule has 3 aliphatic heterocycles. The highest BCUT2D eigenvalue weighted by Crippen LogP contribution is 2.48. The maximum absolute atomic E-state index is 12.5. The van der Waals surface area contributed by atoms with Crippen molar-refractivity contribution in [1.82, 2.24) is 9.88 Å². The molecule has 0 bridgehead atoms. The zero-order valence-electron chi connectivity index (χ0n) is 22.9. The van der Waals surface area contributed by atoms with Gasteiger partial charge in [-0.2, -0.15) is 0 Å². The van der Waals surface area contributed by atoms with Crippen LogP contribution in [-0.2, 0) is 25.5 Å². The number of piperidine rings is 1. The van der Waals surface area contributed by atoms with Crippen LogP contribution in [0.15, 0.2) is 18.2 Å². The van der Waals surface area contributed by atoms with Crippen molar-refractivity contribution in [3.63, 3.8) is 0 Å². The number of aromatic nitrogens is 1. The van der Waals surface area contributed by atoms with Gasteiger partial charge in [0.2, 0.25) is 6.29 Å². The molecule has 4 heterocycles. The minimum absolute atomic E-state index is 0.00572. The Morgan fingerprint density at radius 2 is 1.93 bits per heavy atom.